The van der Waals surface area contributed by atoms with Crippen LogP contribution in [-0.2, 0) is 16.6 Å². The molecule has 0 amide bonds. The van der Waals surface area contributed by atoms with E-state index in [0.717, 1.165) is 17.2 Å². The van der Waals surface area contributed by atoms with Crippen LogP contribution < -0.4 is 4.72 Å². The molecule has 0 spiro atoms. The van der Waals surface area contributed by atoms with Gasteiger partial charge in [-0.25, -0.2) is 17.5 Å². The summed E-state index contributed by atoms with van der Waals surface area (Å²) in [6.07, 6.45) is 0. The van der Waals surface area contributed by atoms with Crippen molar-refractivity contribution in [1.82, 2.24) is 4.72 Å². The third kappa shape index (κ3) is 3.81. The number of hydrogen-bond acceptors (Lipinski definition) is 2. The summed E-state index contributed by atoms with van der Waals surface area (Å²) >= 11 is 5.90. The number of hydrogen-bond donors (Lipinski definition) is 1. The maximum Gasteiger partial charge on any atom is 0.241 e. The standard InChI is InChI=1S/C15H15ClFNO2S/c1-10-3-5-13(16)7-12(10)9-18-21(19,20)15-8-14(17)6-4-11(15)2/h3-8,18H,9H2,1-2H3. The zero-order chi connectivity index (χ0) is 15.6. The van der Waals surface area contributed by atoms with Crippen LogP contribution in [0.2, 0.25) is 5.02 Å². The van der Waals surface area contributed by atoms with Crippen LogP contribution in [0.4, 0.5) is 4.39 Å². The molecular formula is C15H15ClFNO2S. The van der Waals surface area contributed by atoms with E-state index < -0.39 is 15.8 Å². The fraction of sp³-hybridized carbons (Fsp3) is 0.200. The fourth-order valence-electron chi connectivity index (χ4n) is 1.94. The smallest absolute Gasteiger partial charge is 0.207 e. The molecule has 0 radical (unpaired) electrons. The fourth-order valence-corrected chi connectivity index (χ4v) is 3.40. The van der Waals surface area contributed by atoms with Crippen molar-refractivity contribution in [2.45, 2.75) is 25.3 Å². The average molecular weight is 328 g/mol. The van der Waals surface area contributed by atoms with Gasteiger partial charge in [0.05, 0.1) is 4.90 Å². The average Bonchev–Trinajstić information content (AvgIpc) is 2.42. The number of benzene rings is 2. The van der Waals surface area contributed by atoms with Crippen LogP contribution in [0.5, 0.6) is 0 Å². The Bertz CT molecular complexity index is 775. The predicted octanol–water partition coefficient (Wildman–Crippen LogP) is 3.57. The molecule has 0 aliphatic rings. The van der Waals surface area contributed by atoms with Gasteiger partial charge in [-0.1, -0.05) is 23.7 Å². The van der Waals surface area contributed by atoms with E-state index in [2.05, 4.69) is 4.72 Å². The number of aryl methyl sites for hydroxylation is 2. The lowest BCUT2D eigenvalue weighted by molar-refractivity contribution is 0.576. The van der Waals surface area contributed by atoms with Crippen molar-refractivity contribution in [3.63, 3.8) is 0 Å². The molecule has 0 aromatic heterocycles. The molecule has 0 heterocycles. The van der Waals surface area contributed by atoms with Crippen molar-refractivity contribution in [1.29, 1.82) is 0 Å². The van der Waals surface area contributed by atoms with Crippen molar-refractivity contribution in [3.8, 4) is 0 Å². The molecule has 2 aromatic rings. The Morgan fingerprint density at radius 3 is 2.48 bits per heavy atom. The lowest BCUT2D eigenvalue weighted by atomic mass is 10.1. The van der Waals surface area contributed by atoms with Crippen molar-refractivity contribution >= 4 is 21.6 Å². The van der Waals surface area contributed by atoms with Gasteiger partial charge in [0.1, 0.15) is 5.82 Å². The molecule has 3 nitrogen and oxygen atoms in total. The molecule has 6 heteroatoms. The first kappa shape index (κ1) is 15.9. The maximum atomic E-state index is 13.2. The van der Waals surface area contributed by atoms with E-state index in [4.69, 9.17) is 11.6 Å². The Morgan fingerprint density at radius 2 is 1.76 bits per heavy atom. The quantitative estimate of drug-likeness (QED) is 0.933. The maximum absolute atomic E-state index is 13.2. The molecule has 1 N–H and O–H groups in total. The Balaban J connectivity index is 2.26. The van der Waals surface area contributed by atoms with Crippen LogP contribution in [0.15, 0.2) is 41.3 Å². The Kier molecular flexibility index (Phi) is 4.66. The zero-order valence-corrected chi connectivity index (χ0v) is 13.2. The third-order valence-electron chi connectivity index (χ3n) is 3.20. The second kappa shape index (κ2) is 6.13. The summed E-state index contributed by atoms with van der Waals surface area (Å²) in [6.45, 7) is 3.59. The number of nitrogens with one attached hydrogen (secondary N) is 1. The predicted molar refractivity (Wildman–Crippen MR) is 81.4 cm³/mol. The molecule has 0 bridgehead atoms. The lowest BCUT2D eigenvalue weighted by Gasteiger charge is -2.11. The minimum absolute atomic E-state index is 0.0535. The number of sulfonamides is 1. The first-order valence-corrected chi connectivity index (χ1v) is 8.16. The molecule has 112 valence electrons. The van der Waals surface area contributed by atoms with Crippen molar-refractivity contribution in [3.05, 3.63) is 63.9 Å². The Hall–Kier alpha value is -1.43. The number of halogens is 2. The Morgan fingerprint density at radius 1 is 1.10 bits per heavy atom. The molecule has 21 heavy (non-hydrogen) atoms. The van der Waals surface area contributed by atoms with E-state index >= 15 is 0 Å². The van der Waals surface area contributed by atoms with E-state index in [-0.39, 0.29) is 11.4 Å². The SMILES string of the molecule is Cc1ccc(Cl)cc1CNS(=O)(=O)c1cc(F)ccc1C. The molecule has 0 aliphatic carbocycles. The second-order valence-electron chi connectivity index (χ2n) is 4.81. The monoisotopic (exact) mass is 327 g/mol. The molecule has 2 aromatic carbocycles. The van der Waals surface area contributed by atoms with Gasteiger partial charge in [-0.3, -0.25) is 0 Å². The minimum Gasteiger partial charge on any atom is -0.207 e. The van der Waals surface area contributed by atoms with Crippen LogP contribution >= 0.6 is 11.6 Å². The summed E-state index contributed by atoms with van der Waals surface area (Å²) in [6, 6.07) is 8.95. The van der Waals surface area contributed by atoms with Gasteiger partial charge in [0.15, 0.2) is 0 Å². The summed E-state index contributed by atoms with van der Waals surface area (Å²) in [5.41, 5.74) is 2.20. The van der Waals surface area contributed by atoms with Gasteiger partial charge in [0, 0.05) is 11.6 Å². The number of rotatable bonds is 4. The van der Waals surface area contributed by atoms with Gasteiger partial charge in [0.25, 0.3) is 0 Å². The van der Waals surface area contributed by atoms with Gasteiger partial charge >= 0.3 is 0 Å². The zero-order valence-electron chi connectivity index (χ0n) is 11.7. The lowest BCUT2D eigenvalue weighted by Crippen LogP contribution is -2.24. The normalized spacial score (nSPS) is 11.6. The van der Waals surface area contributed by atoms with Crippen molar-refractivity contribution in [2.75, 3.05) is 0 Å². The summed E-state index contributed by atoms with van der Waals surface area (Å²) in [5, 5.41) is 0.539. The van der Waals surface area contributed by atoms with Crippen molar-refractivity contribution in [2.24, 2.45) is 0 Å². The third-order valence-corrected chi connectivity index (χ3v) is 4.98. The van der Waals surface area contributed by atoms with Crippen molar-refractivity contribution < 1.29 is 12.8 Å². The molecule has 0 unspecified atom stereocenters. The highest BCUT2D eigenvalue weighted by Gasteiger charge is 2.17. The highest BCUT2D eigenvalue weighted by molar-refractivity contribution is 7.89. The minimum atomic E-state index is -3.77. The second-order valence-corrected chi connectivity index (χ2v) is 6.98. The van der Waals surface area contributed by atoms with Gasteiger partial charge in [-0.15, -0.1) is 0 Å². The van der Waals surface area contributed by atoms with Gasteiger partial charge in [-0.05, 0) is 54.8 Å². The van der Waals surface area contributed by atoms with Crippen LogP contribution in [0.1, 0.15) is 16.7 Å². The van der Waals surface area contributed by atoms with Crippen LogP contribution in [-0.4, -0.2) is 8.42 Å². The highest BCUT2D eigenvalue weighted by atomic mass is 35.5. The van der Waals surface area contributed by atoms with E-state index in [1.807, 2.05) is 13.0 Å². The van der Waals surface area contributed by atoms with Crippen LogP contribution in [0.3, 0.4) is 0 Å². The summed E-state index contributed by atoms with van der Waals surface area (Å²) in [7, 11) is -3.77. The highest BCUT2D eigenvalue weighted by Crippen LogP contribution is 2.19. The first-order chi connectivity index (χ1) is 9.79. The van der Waals surface area contributed by atoms with E-state index in [1.165, 1.54) is 12.1 Å². The summed E-state index contributed by atoms with van der Waals surface area (Å²) in [4.78, 5) is -0.0535. The molecule has 0 fully saturated rings. The van der Waals surface area contributed by atoms with Crippen LogP contribution in [0.25, 0.3) is 0 Å². The molecule has 0 aliphatic heterocycles. The molecule has 0 saturated heterocycles. The van der Waals surface area contributed by atoms with Gasteiger partial charge < -0.3 is 0 Å². The summed E-state index contributed by atoms with van der Waals surface area (Å²) in [5.74, 6) is -0.583. The summed E-state index contributed by atoms with van der Waals surface area (Å²) < 4.78 is 40.3. The van der Waals surface area contributed by atoms with E-state index in [9.17, 15) is 12.8 Å². The molecule has 2 rings (SSSR count). The van der Waals surface area contributed by atoms with E-state index in [0.29, 0.717) is 10.6 Å². The topological polar surface area (TPSA) is 46.2 Å². The van der Waals surface area contributed by atoms with Gasteiger partial charge in [0.2, 0.25) is 10.0 Å². The van der Waals surface area contributed by atoms with Gasteiger partial charge in [-0.2, -0.15) is 0 Å². The first-order valence-electron chi connectivity index (χ1n) is 6.30. The molecule has 0 atom stereocenters. The van der Waals surface area contributed by atoms with E-state index in [1.54, 1.807) is 19.1 Å². The van der Waals surface area contributed by atoms with Crippen LogP contribution in [0, 0.1) is 19.7 Å². The largest absolute Gasteiger partial charge is 0.241 e. The Labute approximate surface area is 128 Å². The molecular weight excluding hydrogens is 313 g/mol. The molecule has 0 saturated carbocycles.